The standard InChI is InChI=1S/C20H21ClN4O/c1-15-7-2-3-8-18(15)25-20(23-11-4-5-12-23)16-13-24(14-17(16)22-25)19(26)9-6-10-21/h2-5,7-8,11-12H,6,9-10,13-14H2,1H3. The van der Waals surface area contributed by atoms with E-state index in [2.05, 4.69) is 23.6 Å². The van der Waals surface area contributed by atoms with Gasteiger partial charge in [-0.25, -0.2) is 4.68 Å². The van der Waals surface area contributed by atoms with Gasteiger partial charge in [0, 0.05) is 30.3 Å². The lowest BCUT2D eigenvalue weighted by Crippen LogP contribution is -2.26. The quantitative estimate of drug-likeness (QED) is 0.642. The van der Waals surface area contributed by atoms with Gasteiger partial charge >= 0.3 is 0 Å². The minimum atomic E-state index is 0.143. The van der Waals surface area contributed by atoms with E-state index >= 15 is 0 Å². The van der Waals surface area contributed by atoms with Crippen molar-refractivity contribution in [2.75, 3.05) is 5.88 Å². The Balaban J connectivity index is 1.75. The molecule has 2 aromatic heterocycles. The number of alkyl halides is 1. The second-order valence-electron chi connectivity index (χ2n) is 6.58. The van der Waals surface area contributed by atoms with Crippen LogP contribution in [0, 0.1) is 6.92 Å². The van der Waals surface area contributed by atoms with E-state index in [0.717, 1.165) is 28.3 Å². The zero-order valence-electron chi connectivity index (χ0n) is 14.7. The van der Waals surface area contributed by atoms with E-state index in [1.165, 1.54) is 0 Å². The number of para-hydroxylation sites is 1. The summed E-state index contributed by atoms with van der Waals surface area (Å²) in [7, 11) is 0. The third kappa shape index (κ3) is 2.92. The van der Waals surface area contributed by atoms with E-state index in [-0.39, 0.29) is 5.91 Å². The van der Waals surface area contributed by atoms with Crippen molar-refractivity contribution in [2.45, 2.75) is 32.9 Å². The van der Waals surface area contributed by atoms with E-state index in [1.807, 2.05) is 46.2 Å². The average Bonchev–Trinajstić information content (AvgIpc) is 3.35. The van der Waals surface area contributed by atoms with Gasteiger partial charge in [-0.2, -0.15) is 5.10 Å². The second-order valence-corrected chi connectivity index (χ2v) is 6.96. The normalized spacial score (nSPS) is 13.2. The largest absolute Gasteiger partial charge is 0.332 e. The summed E-state index contributed by atoms with van der Waals surface area (Å²) in [6.07, 6.45) is 5.24. The molecule has 5 nitrogen and oxygen atoms in total. The van der Waals surface area contributed by atoms with Crippen LogP contribution in [-0.2, 0) is 17.9 Å². The maximum atomic E-state index is 12.4. The van der Waals surface area contributed by atoms with Gasteiger partial charge in [0.25, 0.3) is 0 Å². The van der Waals surface area contributed by atoms with Crippen LogP contribution in [0.2, 0.25) is 0 Å². The molecule has 1 aromatic carbocycles. The SMILES string of the molecule is Cc1ccccc1-n1nc2c(c1-n1cccc1)CN(C(=O)CCCCl)C2. The van der Waals surface area contributed by atoms with Crippen LogP contribution >= 0.6 is 11.6 Å². The Morgan fingerprint density at radius 1 is 1.15 bits per heavy atom. The highest BCUT2D eigenvalue weighted by molar-refractivity contribution is 6.17. The van der Waals surface area contributed by atoms with Crippen LogP contribution in [0.1, 0.15) is 29.7 Å². The molecule has 0 radical (unpaired) electrons. The predicted molar refractivity (Wildman–Crippen MR) is 102 cm³/mol. The topological polar surface area (TPSA) is 43.1 Å². The predicted octanol–water partition coefficient (Wildman–Crippen LogP) is 3.83. The summed E-state index contributed by atoms with van der Waals surface area (Å²) in [6, 6.07) is 12.2. The van der Waals surface area contributed by atoms with Crippen LogP contribution in [0.25, 0.3) is 11.5 Å². The first-order valence-electron chi connectivity index (χ1n) is 8.83. The number of fused-ring (bicyclic) bond motifs is 1. The first kappa shape index (κ1) is 16.9. The van der Waals surface area contributed by atoms with Crippen LogP contribution in [0.4, 0.5) is 0 Å². The van der Waals surface area contributed by atoms with E-state index in [4.69, 9.17) is 16.7 Å². The molecule has 134 valence electrons. The fourth-order valence-electron chi connectivity index (χ4n) is 3.46. The van der Waals surface area contributed by atoms with E-state index in [1.54, 1.807) is 0 Å². The van der Waals surface area contributed by atoms with Crippen molar-refractivity contribution in [3.8, 4) is 11.5 Å². The lowest BCUT2D eigenvalue weighted by atomic mass is 10.2. The molecule has 3 aromatic rings. The van der Waals surface area contributed by atoms with Crippen molar-refractivity contribution < 1.29 is 4.79 Å². The molecule has 0 spiro atoms. The highest BCUT2D eigenvalue weighted by Crippen LogP contribution is 2.31. The number of amides is 1. The minimum absolute atomic E-state index is 0.143. The summed E-state index contributed by atoms with van der Waals surface area (Å²) in [5, 5.41) is 4.87. The van der Waals surface area contributed by atoms with Crippen molar-refractivity contribution >= 4 is 17.5 Å². The minimum Gasteiger partial charge on any atom is -0.332 e. The number of halogens is 1. The molecule has 0 bridgehead atoms. The van der Waals surface area contributed by atoms with Crippen molar-refractivity contribution in [1.82, 2.24) is 19.2 Å². The third-order valence-electron chi connectivity index (χ3n) is 4.80. The Bertz CT molecular complexity index is 929. The molecular formula is C20H21ClN4O. The monoisotopic (exact) mass is 368 g/mol. The number of nitrogens with zero attached hydrogens (tertiary/aromatic N) is 4. The summed E-state index contributed by atoms with van der Waals surface area (Å²) >= 11 is 5.73. The number of rotatable bonds is 5. The molecular weight excluding hydrogens is 348 g/mol. The first-order valence-corrected chi connectivity index (χ1v) is 9.36. The zero-order valence-corrected chi connectivity index (χ0v) is 15.5. The van der Waals surface area contributed by atoms with Crippen molar-refractivity contribution in [3.05, 3.63) is 65.6 Å². The summed E-state index contributed by atoms with van der Waals surface area (Å²) in [6.45, 7) is 3.24. The Kier molecular flexibility index (Phi) is 4.55. The molecule has 0 fully saturated rings. The molecule has 3 heterocycles. The van der Waals surface area contributed by atoms with Gasteiger partial charge in [-0.3, -0.25) is 4.79 Å². The second kappa shape index (κ2) is 7.00. The third-order valence-corrected chi connectivity index (χ3v) is 5.07. The van der Waals surface area contributed by atoms with Crippen LogP contribution in [0.5, 0.6) is 0 Å². The molecule has 4 rings (SSSR count). The molecule has 0 saturated carbocycles. The van der Waals surface area contributed by atoms with Crippen molar-refractivity contribution in [2.24, 2.45) is 0 Å². The fourth-order valence-corrected chi connectivity index (χ4v) is 3.60. The number of carbonyl (C=O) groups excluding carboxylic acids is 1. The maximum Gasteiger partial charge on any atom is 0.223 e. The summed E-state index contributed by atoms with van der Waals surface area (Å²) in [5.41, 5.74) is 4.31. The number of benzene rings is 1. The highest BCUT2D eigenvalue weighted by atomic mass is 35.5. The first-order chi connectivity index (χ1) is 12.7. The van der Waals surface area contributed by atoms with Crippen LogP contribution < -0.4 is 0 Å². The Labute approximate surface area is 157 Å². The molecule has 1 amide bonds. The molecule has 0 atom stereocenters. The molecule has 1 aliphatic rings. The van der Waals surface area contributed by atoms with Gasteiger partial charge in [-0.05, 0) is 37.1 Å². The average molecular weight is 369 g/mol. The zero-order chi connectivity index (χ0) is 18.1. The molecule has 1 aliphatic heterocycles. The van der Waals surface area contributed by atoms with Gasteiger partial charge in [0.1, 0.15) is 5.82 Å². The molecule has 0 aliphatic carbocycles. The number of hydrogen-bond donors (Lipinski definition) is 0. The van der Waals surface area contributed by atoms with Crippen molar-refractivity contribution in [1.29, 1.82) is 0 Å². The number of hydrogen-bond acceptors (Lipinski definition) is 2. The van der Waals surface area contributed by atoms with Crippen molar-refractivity contribution in [3.63, 3.8) is 0 Å². The van der Waals surface area contributed by atoms with E-state index in [0.29, 0.717) is 31.8 Å². The molecule has 0 N–H and O–H groups in total. The van der Waals surface area contributed by atoms with Gasteiger partial charge in [0.2, 0.25) is 5.91 Å². The number of aryl methyl sites for hydroxylation is 1. The smallest absolute Gasteiger partial charge is 0.223 e. The lowest BCUT2D eigenvalue weighted by molar-refractivity contribution is -0.131. The summed E-state index contributed by atoms with van der Waals surface area (Å²) in [4.78, 5) is 14.3. The van der Waals surface area contributed by atoms with E-state index in [9.17, 15) is 4.79 Å². The summed E-state index contributed by atoms with van der Waals surface area (Å²) < 4.78 is 4.07. The Hall–Kier alpha value is -2.53. The highest BCUT2D eigenvalue weighted by Gasteiger charge is 2.31. The van der Waals surface area contributed by atoms with Crippen LogP contribution in [-0.4, -0.2) is 31.0 Å². The molecule has 0 unspecified atom stereocenters. The summed E-state index contributed by atoms with van der Waals surface area (Å²) in [5.74, 6) is 1.66. The molecule has 26 heavy (non-hydrogen) atoms. The van der Waals surface area contributed by atoms with Gasteiger partial charge < -0.3 is 9.47 Å². The van der Waals surface area contributed by atoms with Gasteiger partial charge in [0.05, 0.1) is 24.5 Å². The lowest BCUT2D eigenvalue weighted by Gasteiger charge is -2.18. The Morgan fingerprint density at radius 2 is 1.92 bits per heavy atom. The number of carbonyl (C=O) groups is 1. The number of aromatic nitrogens is 3. The van der Waals surface area contributed by atoms with Gasteiger partial charge in [-0.15, -0.1) is 11.6 Å². The van der Waals surface area contributed by atoms with Gasteiger partial charge in [0.15, 0.2) is 0 Å². The fraction of sp³-hybridized carbons (Fsp3) is 0.300. The molecule has 6 heteroatoms. The van der Waals surface area contributed by atoms with Gasteiger partial charge in [-0.1, -0.05) is 18.2 Å². The Morgan fingerprint density at radius 3 is 2.65 bits per heavy atom. The van der Waals surface area contributed by atoms with Crippen LogP contribution in [0.3, 0.4) is 0 Å². The maximum absolute atomic E-state index is 12.4. The van der Waals surface area contributed by atoms with Crippen LogP contribution in [0.15, 0.2) is 48.8 Å². The molecule has 0 saturated heterocycles. The van der Waals surface area contributed by atoms with E-state index < -0.39 is 0 Å².